The first kappa shape index (κ1) is 15.2. The van der Waals surface area contributed by atoms with Crippen molar-refractivity contribution in [1.29, 1.82) is 0 Å². The van der Waals surface area contributed by atoms with Crippen LogP contribution in [-0.2, 0) is 6.54 Å². The monoisotopic (exact) mass is 249 g/mol. The lowest BCUT2D eigenvalue weighted by Crippen LogP contribution is -2.28. The highest BCUT2D eigenvalue weighted by molar-refractivity contribution is 5.36. The van der Waals surface area contributed by atoms with Gasteiger partial charge in [-0.05, 0) is 54.9 Å². The second-order valence-corrected chi connectivity index (χ2v) is 5.68. The maximum atomic E-state index is 9.29. The Hall–Kier alpha value is -0.860. The average Bonchev–Trinajstić information content (AvgIpc) is 2.30. The Balaban J connectivity index is 2.56. The summed E-state index contributed by atoms with van der Waals surface area (Å²) in [4.78, 5) is 0. The molecule has 0 aliphatic heterocycles. The number of hydrogen-bond acceptors (Lipinski definition) is 2. The molecule has 1 aromatic rings. The topological polar surface area (TPSA) is 32.3 Å². The Kier molecular flexibility index (Phi) is 5.83. The van der Waals surface area contributed by atoms with Crippen LogP contribution >= 0.6 is 0 Å². The minimum atomic E-state index is 0.260. The number of aliphatic hydroxyl groups excluding tert-OH is 1. The summed E-state index contributed by atoms with van der Waals surface area (Å²) in [6, 6.07) is 4.51. The van der Waals surface area contributed by atoms with Crippen molar-refractivity contribution >= 4 is 0 Å². The molecule has 18 heavy (non-hydrogen) atoms. The van der Waals surface area contributed by atoms with Crippen LogP contribution in [0.2, 0.25) is 0 Å². The number of aliphatic hydroxyl groups is 1. The van der Waals surface area contributed by atoms with E-state index in [4.69, 9.17) is 0 Å². The van der Waals surface area contributed by atoms with Crippen molar-refractivity contribution in [2.75, 3.05) is 13.2 Å². The molecule has 0 aliphatic carbocycles. The van der Waals surface area contributed by atoms with Crippen LogP contribution in [0.5, 0.6) is 0 Å². The zero-order chi connectivity index (χ0) is 13.7. The standard InChI is InChI=1S/C16H27NO/c1-11(2)16(10-18)9-17-8-15-7-13(4)12(3)6-14(15)5/h6-7,11,16-18H,8-10H2,1-5H3. The van der Waals surface area contributed by atoms with E-state index in [0.717, 1.165) is 13.1 Å². The van der Waals surface area contributed by atoms with Gasteiger partial charge in [-0.1, -0.05) is 26.0 Å². The van der Waals surface area contributed by atoms with Gasteiger partial charge in [-0.3, -0.25) is 0 Å². The molecule has 1 unspecified atom stereocenters. The van der Waals surface area contributed by atoms with Gasteiger partial charge < -0.3 is 10.4 Å². The Labute approximate surface area is 111 Å². The average molecular weight is 249 g/mol. The van der Waals surface area contributed by atoms with Crippen LogP contribution in [0.25, 0.3) is 0 Å². The zero-order valence-electron chi connectivity index (χ0n) is 12.4. The molecule has 2 nitrogen and oxygen atoms in total. The SMILES string of the molecule is Cc1cc(C)c(CNCC(CO)C(C)C)cc1C. The Morgan fingerprint density at radius 2 is 1.67 bits per heavy atom. The van der Waals surface area contributed by atoms with Gasteiger partial charge in [0.2, 0.25) is 0 Å². The predicted octanol–water partition coefficient (Wildman–Crippen LogP) is 2.97. The fraction of sp³-hybridized carbons (Fsp3) is 0.625. The predicted molar refractivity (Wildman–Crippen MR) is 77.8 cm³/mol. The first-order valence-electron chi connectivity index (χ1n) is 6.84. The molecule has 1 rings (SSSR count). The molecular formula is C16H27NO. The third kappa shape index (κ3) is 4.11. The van der Waals surface area contributed by atoms with Gasteiger partial charge in [0.15, 0.2) is 0 Å². The van der Waals surface area contributed by atoms with Crippen molar-refractivity contribution in [2.24, 2.45) is 11.8 Å². The van der Waals surface area contributed by atoms with Crippen molar-refractivity contribution in [2.45, 2.75) is 41.2 Å². The van der Waals surface area contributed by atoms with Crippen molar-refractivity contribution in [1.82, 2.24) is 5.32 Å². The summed E-state index contributed by atoms with van der Waals surface area (Å²) >= 11 is 0. The maximum Gasteiger partial charge on any atom is 0.0473 e. The molecule has 0 amide bonds. The summed E-state index contributed by atoms with van der Waals surface area (Å²) < 4.78 is 0. The Morgan fingerprint density at radius 1 is 1.06 bits per heavy atom. The molecule has 0 aliphatic rings. The van der Waals surface area contributed by atoms with E-state index in [1.807, 2.05) is 0 Å². The van der Waals surface area contributed by atoms with Crippen LogP contribution in [0.1, 0.15) is 36.1 Å². The highest BCUT2D eigenvalue weighted by atomic mass is 16.3. The fourth-order valence-electron chi connectivity index (χ4n) is 2.11. The molecule has 1 atom stereocenters. The quantitative estimate of drug-likeness (QED) is 0.812. The van der Waals surface area contributed by atoms with E-state index < -0.39 is 0 Å². The third-order valence-electron chi connectivity index (χ3n) is 3.85. The number of aryl methyl sites for hydroxylation is 3. The lowest BCUT2D eigenvalue weighted by atomic mass is 9.96. The van der Waals surface area contributed by atoms with Crippen LogP contribution in [0.4, 0.5) is 0 Å². The van der Waals surface area contributed by atoms with Gasteiger partial charge in [0.05, 0.1) is 0 Å². The van der Waals surface area contributed by atoms with Crippen molar-refractivity contribution in [3.63, 3.8) is 0 Å². The molecule has 1 aromatic carbocycles. The number of nitrogens with one attached hydrogen (secondary N) is 1. The highest BCUT2D eigenvalue weighted by Crippen LogP contribution is 2.15. The molecule has 0 radical (unpaired) electrons. The second-order valence-electron chi connectivity index (χ2n) is 5.68. The van der Waals surface area contributed by atoms with E-state index in [1.165, 1.54) is 22.3 Å². The first-order valence-corrected chi connectivity index (χ1v) is 6.84. The molecule has 0 saturated carbocycles. The Morgan fingerprint density at radius 3 is 2.22 bits per heavy atom. The van der Waals surface area contributed by atoms with E-state index >= 15 is 0 Å². The van der Waals surface area contributed by atoms with E-state index in [2.05, 4.69) is 52.1 Å². The lowest BCUT2D eigenvalue weighted by Gasteiger charge is -2.19. The van der Waals surface area contributed by atoms with Crippen molar-refractivity contribution in [3.05, 3.63) is 34.4 Å². The van der Waals surface area contributed by atoms with E-state index in [0.29, 0.717) is 11.8 Å². The summed E-state index contributed by atoms with van der Waals surface area (Å²) in [5.41, 5.74) is 5.40. The molecule has 0 saturated heterocycles. The summed E-state index contributed by atoms with van der Waals surface area (Å²) in [6.45, 7) is 12.8. The van der Waals surface area contributed by atoms with Crippen molar-refractivity contribution in [3.8, 4) is 0 Å². The van der Waals surface area contributed by atoms with Gasteiger partial charge >= 0.3 is 0 Å². The molecule has 0 bridgehead atoms. The fourth-order valence-corrected chi connectivity index (χ4v) is 2.11. The van der Waals surface area contributed by atoms with Crippen LogP contribution in [0.15, 0.2) is 12.1 Å². The molecule has 102 valence electrons. The summed E-state index contributed by atoms with van der Waals surface area (Å²) in [7, 11) is 0. The van der Waals surface area contributed by atoms with Gasteiger partial charge in [0, 0.05) is 19.7 Å². The normalized spacial score (nSPS) is 13.1. The van der Waals surface area contributed by atoms with Crippen LogP contribution in [0.3, 0.4) is 0 Å². The molecule has 0 heterocycles. The second kappa shape index (κ2) is 6.91. The number of benzene rings is 1. The highest BCUT2D eigenvalue weighted by Gasteiger charge is 2.11. The number of hydrogen-bond donors (Lipinski definition) is 2. The van der Waals surface area contributed by atoms with Crippen LogP contribution in [-0.4, -0.2) is 18.3 Å². The molecule has 0 aromatic heterocycles. The van der Waals surface area contributed by atoms with Gasteiger partial charge in [0.1, 0.15) is 0 Å². The van der Waals surface area contributed by atoms with Crippen LogP contribution in [0, 0.1) is 32.6 Å². The minimum absolute atomic E-state index is 0.260. The molecule has 2 heteroatoms. The van der Waals surface area contributed by atoms with Crippen molar-refractivity contribution < 1.29 is 5.11 Å². The van der Waals surface area contributed by atoms with E-state index in [9.17, 15) is 5.11 Å². The summed E-state index contributed by atoms with van der Waals surface area (Å²) in [6.07, 6.45) is 0. The van der Waals surface area contributed by atoms with Gasteiger partial charge in [0.25, 0.3) is 0 Å². The minimum Gasteiger partial charge on any atom is -0.396 e. The Bertz CT molecular complexity index is 385. The molecule has 2 N–H and O–H groups in total. The maximum absolute atomic E-state index is 9.29. The van der Waals surface area contributed by atoms with Gasteiger partial charge in [-0.2, -0.15) is 0 Å². The molecule has 0 spiro atoms. The summed E-state index contributed by atoms with van der Waals surface area (Å²) in [5, 5.41) is 12.8. The largest absolute Gasteiger partial charge is 0.396 e. The van der Waals surface area contributed by atoms with Gasteiger partial charge in [-0.15, -0.1) is 0 Å². The van der Waals surface area contributed by atoms with Gasteiger partial charge in [-0.25, -0.2) is 0 Å². The number of rotatable bonds is 6. The first-order chi connectivity index (χ1) is 8.45. The van der Waals surface area contributed by atoms with Crippen LogP contribution < -0.4 is 5.32 Å². The third-order valence-corrected chi connectivity index (χ3v) is 3.85. The lowest BCUT2D eigenvalue weighted by molar-refractivity contribution is 0.186. The molecule has 0 fully saturated rings. The van der Waals surface area contributed by atoms with E-state index in [-0.39, 0.29) is 6.61 Å². The zero-order valence-corrected chi connectivity index (χ0v) is 12.4. The molecular weight excluding hydrogens is 222 g/mol. The summed E-state index contributed by atoms with van der Waals surface area (Å²) in [5.74, 6) is 0.861. The smallest absolute Gasteiger partial charge is 0.0473 e. The van der Waals surface area contributed by atoms with E-state index in [1.54, 1.807) is 0 Å².